The van der Waals surface area contributed by atoms with E-state index in [0.29, 0.717) is 18.5 Å². The maximum Gasteiger partial charge on any atom is 0.199 e. The Morgan fingerprint density at radius 2 is 1.63 bits per heavy atom. The zero-order chi connectivity index (χ0) is 13.8. The second-order valence-corrected chi connectivity index (χ2v) is 4.12. The zero-order valence-electron chi connectivity index (χ0n) is 10.2. The van der Waals surface area contributed by atoms with Crippen LogP contribution in [-0.2, 0) is 6.42 Å². The van der Waals surface area contributed by atoms with Gasteiger partial charge in [0, 0.05) is 5.56 Å². The highest BCUT2D eigenvalue weighted by Gasteiger charge is 2.20. The number of rotatable bonds is 4. The maximum atomic E-state index is 13.6. The van der Waals surface area contributed by atoms with Gasteiger partial charge in [0.15, 0.2) is 5.78 Å². The van der Waals surface area contributed by atoms with Gasteiger partial charge in [-0.1, -0.05) is 30.3 Å². The fourth-order valence-corrected chi connectivity index (χ4v) is 1.96. The summed E-state index contributed by atoms with van der Waals surface area (Å²) in [6.45, 7) is 0.365. The smallest absolute Gasteiger partial charge is 0.199 e. The number of hydrogen-bond donors (Lipinski definition) is 1. The third kappa shape index (κ3) is 2.69. The highest BCUT2D eigenvalue weighted by molar-refractivity contribution is 6.10. The van der Waals surface area contributed by atoms with Gasteiger partial charge in [-0.2, -0.15) is 0 Å². The Kier molecular flexibility index (Phi) is 4.02. The minimum Gasteiger partial charge on any atom is -0.330 e. The summed E-state index contributed by atoms with van der Waals surface area (Å²) >= 11 is 0. The van der Waals surface area contributed by atoms with Gasteiger partial charge in [0.2, 0.25) is 0 Å². The summed E-state index contributed by atoms with van der Waals surface area (Å²) < 4.78 is 27.2. The average molecular weight is 261 g/mol. The van der Waals surface area contributed by atoms with E-state index in [0.717, 1.165) is 12.1 Å². The lowest BCUT2D eigenvalue weighted by Gasteiger charge is -2.09. The molecule has 98 valence electrons. The Morgan fingerprint density at radius 1 is 1.00 bits per heavy atom. The Hall–Kier alpha value is -2.07. The molecule has 0 spiro atoms. The normalized spacial score (nSPS) is 10.5. The van der Waals surface area contributed by atoms with Crippen molar-refractivity contribution in [2.45, 2.75) is 6.42 Å². The molecule has 0 radical (unpaired) electrons. The molecule has 0 aromatic heterocycles. The number of benzene rings is 2. The number of nitrogens with two attached hydrogens (primary N) is 1. The molecule has 2 nitrogen and oxygen atoms in total. The number of ketones is 1. The van der Waals surface area contributed by atoms with E-state index in [1.165, 1.54) is 6.07 Å². The van der Waals surface area contributed by atoms with Gasteiger partial charge in [-0.15, -0.1) is 0 Å². The molecule has 0 aliphatic heterocycles. The third-order valence-corrected chi connectivity index (χ3v) is 2.87. The first-order valence-electron chi connectivity index (χ1n) is 5.92. The summed E-state index contributed by atoms with van der Waals surface area (Å²) in [6, 6.07) is 10.1. The summed E-state index contributed by atoms with van der Waals surface area (Å²) in [7, 11) is 0. The molecule has 0 amide bonds. The molecular weight excluding hydrogens is 248 g/mol. The van der Waals surface area contributed by atoms with Gasteiger partial charge in [0.05, 0.1) is 5.56 Å². The van der Waals surface area contributed by atoms with Crippen molar-refractivity contribution in [3.8, 4) is 0 Å². The molecule has 2 rings (SSSR count). The fourth-order valence-electron chi connectivity index (χ4n) is 1.96. The average Bonchev–Trinajstić information content (AvgIpc) is 2.39. The summed E-state index contributed by atoms with van der Waals surface area (Å²) in [5.74, 6) is -2.36. The standard InChI is InChI=1S/C15H13F2NO/c16-12-6-3-7-13(17)14(12)15(19)11-5-2-1-4-10(11)8-9-18/h1-7H,8-9,18H2. The van der Waals surface area contributed by atoms with E-state index in [-0.39, 0.29) is 5.56 Å². The van der Waals surface area contributed by atoms with Crippen LogP contribution in [0.15, 0.2) is 42.5 Å². The lowest BCUT2D eigenvalue weighted by Crippen LogP contribution is -2.12. The Labute approximate surface area is 109 Å². The number of halogens is 2. The van der Waals surface area contributed by atoms with Crippen molar-refractivity contribution in [2.75, 3.05) is 6.54 Å². The van der Waals surface area contributed by atoms with Crippen molar-refractivity contribution < 1.29 is 13.6 Å². The van der Waals surface area contributed by atoms with Gasteiger partial charge >= 0.3 is 0 Å². The van der Waals surface area contributed by atoms with Crippen LogP contribution in [-0.4, -0.2) is 12.3 Å². The first kappa shape index (κ1) is 13.4. The monoisotopic (exact) mass is 261 g/mol. The molecule has 0 unspecified atom stereocenters. The predicted octanol–water partition coefficient (Wildman–Crippen LogP) is 2.70. The van der Waals surface area contributed by atoms with Crippen LogP contribution < -0.4 is 5.73 Å². The number of carbonyl (C=O) groups is 1. The van der Waals surface area contributed by atoms with Crippen LogP contribution >= 0.6 is 0 Å². The largest absolute Gasteiger partial charge is 0.330 e. The molecule has 0 aliphatic rings. The van der Waals surface area contributed by atoms with E-state index in [4.69, 9.17) is 5.73 Å². The van der Waals surface area contributed by atoms with Crippen LogP contribution in [0.5, 0.6) is 0 Å². The van der Waals surface area contributed by atoms with Crippen LogP contribution in [0.1, 0.15) is 21.5 Å². The topological polar surface area (TPSA) is 43.1 Å². The molecule has 0 atom stereocenters. The molecule has 19 heavy (non-hydrogen) atoms. The summed E-state index contributed by atoms with van der Waals surface area (Å²) in [5.41, 5.74) is 5.93. The van der Waals surface area contributed by atoms with Gasteiger partial charge in [0.1, 0.15) is 11.6 Å². The van der Waals surface area contributed by atoms with Crippen LogP contribution in [0.4, 0.5) is 8.78 Å². The van der Waals surface area contributed by atoms with Crippen molar-refractivity contribution >= 4 is 5.78 Å². The van der Waals surface area contributed by atoms with Crippen molar-refractivity contribution in [3.05, 3.63) is 70.8 Å². The molecule has 0 saturated heterocycles. The van der Waals surface area contributed by atoms with Gasteiger partial charge in [0.25, 0.3) is 0 Å². The second-order valence-electron chi connectivity index (χ2n) is 4.12. The summed E-state index contributed by atoms with van der Waals surface area (Å²) in [4.78, 5) is 12.3. The zero-order valence-corrected chi connectivity index (χ0v) is 10.2. The van der Waals surface area contributed by atoms with E-state index >= 15 is 0 Å². The van der Waals surface area contributed by atoms with Crippen molar-refractivity contribution in [1.29, 1.82) is 0 Å². The Balaban J connectivity index is 2.50. The molecule has 4 heteroatoms. The molecule has 2 N–H and O–H groups in total. The lowest BCUT2D eigenvalue weighted by atomic mass is 9.96. The minimum atomic E-state index is -0.854. The Morgan fingerprint density at radius 3 is 2.26 bits per heavy atom. The van der Waals surface area contributed by atoms with Crippen molar-refractivity contribution in [2.24, 2.45) is 5.73 Å². The molecule has 2 aromatic carbocycles. The highest BCUT2D eigenvalue weighted by Crippen LogP contribution is 2.19. The molecule has 2 aromatic rings. The molecule has 0 fully saturated rings. The van der Waals surface area contributed by atoms with Crippen LogP contribution in [0.2, 0.25) is 0 Å². The quantitative estimate of drug-likeness (QED) is 0.860. The van der Waals surface area contributed by atoms with Crippen LogP contribution in [0.25, 0.3) is 0 Å². The third-order valence-electron chi connectivity index (χ3n) is 2.87. The van der Waals surface area contributed by atoms with Gasteiger partial charge < -0.3 is 5.73 Å². The van der Waals surface area contributed by atoms with E-state index in [1.807, 2.05) is 0 Å². The number of carbonyl (C=O) groups excluding carboxylic acids is 1. The lowest BCUT2D eigenvalue weighted by molar-refractivity contribution is 0.103. The van der Waals surface area contributed by atoms with Gasteiger partial charge in [-0.25, -0.2) is 8.78 Å². The summed E-state index contributed by atoms with van der Waals surface area (Å²) in [5, 5.41) is 0. The Bertz CT molecular complexity index is 591. The van der Waals surface area contributed by atoms with Crippen LogP contribution in [0.3, 0.4) is 0 Å². The van der Waals surface area contributed by atoms with E-state index in [2.05, 4.69) is 0 Å². The van der Waals surface area contributed by atoms with Gasteiger partial charge in [-0.05, 0) is 30.7 Å². The van der Waals surface area contributed by atoms with E-state index in [9.17, 15) is 13.6 Å². The molecule has 0 bridgehead atoms. The van der Waals surface area contributed by atoms with Crippen molar-refractivity contribution in [3.63, 3.8) is 0 Å². The summed E-state index contributed by atoms with van der Waals surface area (Å²) in [6.07, 6.45) is 0.484. The van der Waals surface area contributed by atoms with Crippen LogP contribution in [0, 0.1) is 11.6 Å². The highest BCUT2D eigenvalue weighted by atomic mass is 19.1. The maximum absolute atomic E-state index is 13.6. The molecule has 0 heterocycles. The fraction of sp³-hybridized carbons (Fsp3) is 0.133. The van der Waals surface area contributed by atoms with E-state index < -0.39 is 23.0 Å². The number of hydrogen-bond acceptors (Lipinski definition) is 2. The second kappa shape index (κ2) is 5.71. The van der Waals surface area contributed by atoms with E-state index in [1.54, 1.807) is 24.3 Å². The molecule has 0 aliphatic carbocycles. The SMILES string of the molecule is NCCc1ccccc1C(=O)c1c(F)cccc1F. The molecule has 0 saturated carbocycles. The van der Waals surface area contributed by atoms with Crippen molar-refractivity contribution in [1.82, 2.24) is 0 Å². The predicted molar refractivity (Wildman–Crippen MR) is 69.0 cm³/mol. The first-order valence-corrected chi connectivity index (χ1v) is 5.92. The molecular formula is C15H13F2NO. The minimum absolute atomic E-state index is 0.289. The first-order chi connectivity index (χ1) is 9.15. The van der Waals surface area contributed by atoms with Gasteiger partial charge in [-0.3, -0.25) is 4.79 Å².